The zero-order valence-corrected chi connectivity index (χ0v) is 33.7. The second-order valence-corrected chi connectivity index (χ2v) is 18.0. The monoisotopic (exact) mass is 775 g/mol. The van der Waals surface area contributed by atoms with Crippen molar-refractivity contribution in [3.8, 4) is 67.5 Å². The summed E-state index contributed by atoms with van der Waals surface area (Å²) in [6.07, 6.45) is 7.58. The maximum atomic E-state index is 5.22. The fourth-order valence-corrected chi connectivity index (χ4v) is 11.7. The van der Waals surface area contributed by atoms with E-state index in [0.717, 1.165) is 33.7 Å². The molecule has 3 nitrogen and oxygen atoms in total. The third-order valence-corrected chi connectivity index (χ3v) is 14.4. The van der Waals surface area contributed by atoms with Gasteiger partial charge in [-0.2, -0.15) is 0 Å². The molecule has 282 valence electrons. The molecule has 0 radical (unpaired) electrons. The molecule has 4 heteroatoms. The standard InChI is InChI=1S/C55H41N3S/c1-34-26-35-24-25-55(43(27-34)28-35)48-18-10-8-16-44(48)45-22-20-39(33-49(45)55)41-29-40(38-21-23-51-47(32-38)46-17-9-11-19-50(46)59-51)30-42(31-41)54-57-52(36-12-4-2-5-13-36)56-53(58-54)37-14-6-3-7-15-37/h2-23,27,29-35H,24-26,28H2,1H3. The van der Waals surface area contributed by atoms with Gasteiger partial charge in [0.2, 0.25) is 0 Å². The Hall–Kier alpha value is -6.49. The van der Waals surface area contributed by atoms with Gasteiger partial charge in [-0.05, 0) is 124 Å². The fourth-order valence-electron chi connectivity index (χ4n) is 10.6. The maximum Gasteiger partial charge on any atom is 0.164 e. The first kappa shape index (κ1) is 34.5. The molecule has 3 atom stereocenters. The number of hydrogen-bond donors (Lipinski definition) is 0. The highest BCUT2D eigenvalue weighted by Crippen LogP contribution is 2.61. The minimum atomic E-state index is -0.0814. The quantitative estimate of drug-likeness (QED) is 0.163. The van der Waals surface area contributed by atoms with Gasteiger partial charge < -0.3 is 0 Å². The van der Waals surface area contributed by atoms with Crippen LogP contribution in [-0.4, -0.2) is 15.0 Å². The summed E-state index contributed by atoms with van der Waals surface area (Å²) in [5, 5.41) is 2.59. The van der Waals surface area contributed by atoms with E-state index in [1.807, 2.05) is 47.7 Å². The van der Waals surface area contributed by atoms with Crippen molar-refractivity contribution in [2.24, 2.45) is 11.8 Å². The largest absolute Gasteiger partial charge is 0.208 e. The lowest BCUT2D eigenvalue weighted by Gasteiger charge is -2.45. The zero-order valence-electron chi connectivity index (χ0n) is 32.9. The number of hydrogen-bond acceptors (Lipinski definition) is 4. The number of rotatable bonds is 5. The first-order valence-corrected chi connectivity index (χ1v) is 21.8. The Bertz CT molecular complexity index is 3090. The van der Waals surface area contributed by atoms with E-state index in [4.69, 9.17) is 15.0 Å². The smallest absolute Gasteiger partial charge is 0.164 e. The van der Waals surface area contributed by atoms with Gasteiger partial charge in [-0.3, -0.25) is 0 Å². The van der Waals surface area contributed by atoms with Crippen LogP contribution in [0.1, 0.15) is 43.7 Å². The molecule has 0 N–H and O–H groups in total. The van der Waals surface area contributed by atoms with Crippen LogP contribution in [0.3, 0.4) is 0 Å². The topological polar surface area (TPSA) is 38.7 Å². The number of thiophene rings is 1. The lowest BCUT2D eigenvalue weighted by Crippen LogP contribution is -2.36. The highest BCUT2D eigenvalue weighted by atomic mass is 32.1. The summed E-state index contributed by atoms with van der Waals surface area (Å²) >= 11 is 1.86. The third kappa shape index (κ3) is 5.65. The molecule has 12 rings (SSSR count). The zero-order chi connectivity index (χ0) is 39.1. The van der Waals surface area contributed by atoms with Crippen LogP contribution in [0.25, 0.3) is 87.7 Å². The molecule has 7 aromatic carbocycles. The van der Waals surface area contributed by atoms with Gasteiger partial charge in [0.1, 0.15) is 0 Å². The molecule has 2 aromatic heterocycles. The SMILES string of the molecule is CC1C=C2CC(CCC23c2ccccc2-c2ccc(-c4cc(-c5ccc6sc7ccccc7c6c5)cc(-c5nc(-c6ccccc6)nc(-c6ccccc6)n5)c4)cc23)C1. The van der Waals surface area contributed by atoms with Crippen molar-refractivity contribution in [1.82, 2.24) is 15.0 Å². The molecule has 2 heterocycles. The number of fused-ring (bicyclic) bond motifs is 11. The average Bonchev–Trinajstić information content (AvgIpc) is 3.81. The molecule has 1 spiro atoms. The van der Waals surface area contributed by atoms with E-state index >= 15 is 0 Å². The van der Waals surface area contributed by atoms with E-state index in [9.17, 15) is 0 Å². The van der Waals surface area contributed by atoms with E-state index in [0.29, 0.717) is 23.4 Å². The van der Waals surface area contributed by atoms with Gasteiger partial charge in [0, 0.05) is 42.3 Å². The summed E-state index contributed by atoms with van der Waals surface area (Å²) < 4.78 is 2.61. The third-order valence-electron chi connectivity index (χ3n) is 13.3. The van der Waals surface area contributed by atoms with Crippen molar-refractivity contribution in [2.45, 2.75) is 38.0 Å². The summed E-state index contributed by atoms with van der Waals surface area (Å²) in [6, 6.07) is 59.7. The average molecular weight is 776 g/mol. The van der Waals surface area contributed by atoms with Crippen molar-refractivity contribution in [3.05, 3.63) is 187 Å². The molecular weight excluding hydrogens is 735 g/mol. The Balaban J connectivity index is 1.08. The molecule has 1 fully saturated rings. The van der Waals surface area contributed by atoms with Gasteiger partial charge in [-0.15, -0.1) is 11.3 Å². The van der Waals surface area contributed by atoms with Crippen molar-refractivity contribution < 1.29 is 0 Å². The van der Waals surface area contributed by atoms with Gasteiger partial charge in [-0.25, -0.2) is 15.0 Å². The number of aromatic nitrogens is 3. The molecule has 59 heavy (non-hydrogen) atoms. The Morgan fingerprint density at radius 1 is 0.492 bits per heavy atom. The van der Waals surface area contributed by atoms with Gasteiger partial charge in [0.05, 0.1) is 0 Å². The van der Waals surface area contributed by atoms with E-state index in [2.05, 4.69) is 140 Å². The van der Waals surface area contributed by atoms with Crippen LogP contribution in [0.5, 0.6) is 0 Å². The minimum absolute atomic E-state index is 0.0814. The molecule has 3 aliphatic rings. The van der Waals surface area contributed by atoms with E-state index in [-0.39, 0.29) is 5.41 Å². The Morgan fingerprint density at radius 2 is 1.08 bits per heavy atom. The Kier molecular flexibility index (Phi) is 7.93. The summed E-state index contributed by atoms with van der Waals surface area (Å²) in [5.41, 5.74) is 14.9. The van der Waals surface area contributed by atoms with Crippen LogP contribution in [0.15, 0.2) is 175 Å². The van der Waals surface area contributed by atoms with Crippen molar-refractivity contribution in [1.29, 1.82) is 0 Å². The molecule has 9 aromatic rings. The lowest BCUT2D eigenvalue weighted by atomic mass is 9.58. The highest BCUT2D eigenvalue weighted by molar-refractivity contribution is 7.25. The molecule has 3 unspecified atom stereocenters. The summed E-state index contributed by atoms with van der Waals surface area (Å²) in [7, 11) is 0. The Morgan fingerprint density at radius 3 is 1.85 bits per heavy atom. The molecule has 1 saturated carbocycles. The van der Waals surface area contributed by atoms with Crippen molar-refractivity contribution >= 4 is 31.5 Å². The van der Waals surface area contributed by atoms with Gasteiger partial charge >= 0.3 is 0 Å². The minimum Gasteiger partial charge on any atom is -0.208 e. The van der Waals surface area contributed by atoms with Gasteiger partial charge in [0.15, 0.2) is 17.5 Å². The van der Waals surface area contributed by atoms with E-state index in [1.54, 1.807) is 5.57 Å². The first-order chi connectivity index (χ1) is 29.1. The summed E-state index contributed by atoms with van der Waals surface area (Å²) in [4.78, 5) is 15.5. The molecule has 0 saturated heterocycles. The van der Waals surface area contributed by atoms with Crippen LogP contribution in [0.4, 0.5) is 0 Å². The second kappa shape index (κ2) is 13.5. The molecule has 3 aliphatic carbocycles. The van der Waals surface area contributed by atoms with Crippen LogP contribution < -0.4 is 0 Å². The van der Waals surface area contributed by atoms with Gasteiger partial charge in [0.25, 0.3) is 0 Å². The first-order valence-electron chi connectivity index (χ1n) is 21.0. The number of benzene rings is 7. The normalized spacial score (nSPS) is 19.2. The number of nitrogens with zero attached hydrogens (tertiary/aromatic N) is 3. The molecule has 0 aliphatic heterocycles. The Labute approximate surface area is 348 Å². The molecule has 2 bridgehead atoms. The fraction of sp³-hybridized carbons (Fsp3) is 0.145. The van der Waals surface area contributed by atoms with Crippen molar-refractivity contribution in [3.63, 3.8) is 0 Å². The predicted molar refractivity (Wildman–Crippen MR) is 245 cm³/mol. The molecular formula is C55H41N3S. The van der Waals surface area contributed by atoms with Crippen molar-refractivity contribution in [2.75, 3.05) is 0 Å². The lowest BCUT2D eigenvalue weighted by molar-refractivity contribution is 0.284. The van der Waals surface area contributed by atoms with E-state index in [1.165, 1.54) is 79.2 Å². The highest BCUT2D eigenvalue weighted by Gasteiger charge is 2.49. The van der Waals surface area contributed by atoms with Gasteiger partial charge in [-0.1, -0.05) is 140 Å². The summed E-state index contributed by atoms with van der Waals surface area (Å²) in [5.74, 6) is 3.38. The molecule has 0 amide bonds. The summed E-state index contributed by atoms with van der Waals surface area (Å²) in [6.45, 7) is 2.42. The number of allylic oxidation sites excluding steroid dienone is 2. The van der Waals surface area contributed by atoms with Crippen LogP contribution in [-0.2, 0) is 5.41 Å². The van der Waals surface area contributed by atoms with Crippen LogP contribution >= 0.6 is 11.3 Å². The van der Waals surface area contributed by atoms with Crippen LogP contribution in [0.2, 0.25) is 0 Å². The van der Waals surface area contributed by atoms with E-state index < -0.39 is 0 Å². The van der Waals surface area contributed by atoms with Crippen LogP contribution in [0, 0.1) is 11.8 Å². The second-order valence-electron chi connectivity index (χ2n) is 16.9. The predicted octanol–water partition coefficient (Wildman–Crippen LogP) is 14.6. The maximum absolute atomic E-state index is 5.22.